The number of nitrogens with zero attached hydrogens (tertiary/aromatic N) is 1. The van der Waals surface area contributed by atoms with Crippen molar-refractivity contribution in [3.63, 3.8) is 0 Å². The molecular weight excluding hydrogens is 262 g/mol. The molecule has 0 unspecified atom stereocenters. The summed E-state index contributed by atoms with van der Waals surface area (Å²) in [6.45, 7) is 1.32. The molecule has 0 bridgehead atoms. The van der Waals surface area contributed by atoms with Crippen LogP contribution >= 0.6 is 0 Å². The van der Waals surface area contributed by atoms with E-state index in [1.165, 1.54) is 6.92 Å². The predicted molar refractivity (Wildman–Crippen MR) is 62.6 cm³/mol. The predicted octanol–water partition coefficient (Wildman–Crippen LogP) is 0.531. The van der Waals surface area contributed by atoms with E-state index in [4.69, 9.17) is 9.66 Å². The highest BCUT2D eigenvalue weighted by atomic mass is 32.2. The van der Waals surface area contributed by atoms with Gasteiger partial charge in [0.25, 0.3) is 10.1 Å². The van der Waals surface area contributed by atoms with Gasteiger partial charge in [-0.2, -0.15) is 8.42 Å². The average Bonchev–Trinajstić information content (AvgIpc) is 2.25. The van der Waals surface area contributed by atoms with Crippen molar-refractivity contribution in [2.75, 3.05) is 0 Å². The molecule has 0 radical (unpaired) electrons. The molecular formula is C10H11NO6S. The van der Waals surface area contributed by atoms with Crippen LogP contribution < -0.4 is 0 Å². The van der Waals surface area contributed by atoms with Crippen LogP contribution in [0.25, 0.3) is 0 Å². The number of hydrogen-bond acceptors (Lipinski definition) is 5. The standard InChI is InChI=1S/C10H11NO6S/c1-6(10(13)14)11-5-7-4-8(18(15,16)17)2-3-9(7)12/h2-6,12H,1H3,(H,13,14)(H,15,16,17)/t6-/m0/s1. The Labute approximate surface area is 103 Å². The second kappa shape index (κ2) is 5.15. The lowest BCUT2D eigenvalue weighted by atomic mass is 10.2. The summed E-state index contributed by atoms with van der Waals surface area (Å²) in [7, 11) is -4.39. The molecule has 0 aliphatic heterocycles. The first-order chi connectivity index (χ1) is 8.21. The van der Waals surface area contributed by atoms with Gasteiger partial charge in [0.1, 0.15) is 11.8 Å². The molecule has 7 nitrogen and oxygen atoms in total. The van der Waals surface area contributed by atoms with E-state index < -0.39 is 27.0 Å². The van der Waals surface area contributed by atoms with Crippen LogP contribution in [0.3, 0.4) is 0 Å². The zero-order valence-corrected chi connectivity index (χ0v) is 10.1. The number of phenols is 1. The maximum absolute atomic E-state index is 10.9. The first kappa shape index (κ1) is 14.1. The van der Waals surface area contributed by atoms with Gasteiger partial charge in [0.15, 0.2) is 0 Å². The summed E-state index contributed by atoms with van der Waals surface area (Å²) in [6.07, 6.45) is 1.03. The molecule has 18 heavy (non-hydrogen) atoms. The molecule has 0 amide bonds. The third kappa shape index (κ3) is 3.54. The quantitative estimate of drug-likeness (QED) is 0.543. The van der Waals surface area contributed by atoms with Gasteiger partial charge in [-0.05, 0) is 25.1 Å². The fourth-order valence-electron chi connectivity index (χ4n) is 1.05. The molecule has 0 aliphatic rings. The second-order valence-corrected chi connectivity index (χ2v) is 4.91. The molecule has 3 N–H and O–H groups in total. The third-order valence-corrected chi connectivity index (χ3v) is 2.94. The van der Waals surface area contributed by atoms with Crippen LogP contribution in [0.4, 0.5) is 0 Å². The van der Waals surface area contributed by atoms with Crippen LogP contribution in [0, 0.1) is 0 Å². The summed E-state index contributed by atoms with van der Waals surface area (Å²) in [5.74, 6) is -1.43. The normalized spacial score (nSPS) is 13.7. The van der Waals surface area contributed by atoms with Crippen LogP contribution in [0.2, 0.25) is 0 Å². The lowest BCUT2D eigenvalue weighted by Crippen LogP contribution is -2.13. The van der Waals surface area contributed by atoms with E-state index in [0.29, 0.717) is 0 Å². The minimum absolute atomic E-state index is 0.00164. The van der Waals surface area contributed by atoms with Crippen LogP contribution in [0.5, 0.6) is 5.75 Å². The minimum Gasteiger partial charge on any atom is -0.507 e. The van der Waals surface area contributed by atoms with Gasteiger partial charge in [0.2, 0.25) is 0 Å². The van der Waals surface area contributed by atoms with Gasteiger partial charge in [-0.3, -0.25) is 9.55 Å². The van der Waals surface area contributed by atoms with Crippen LogP contribution in [0.15, 0.2) is 28.1 Å². The van der Waals surface area contributed by atoms with Crippen molar-refractivity contribution in [2.24, 2.45) is 4.99 Å². The summed E-state index contributed by atoms with van der Waals surface area (Å²) in [5.41, 5.74) is -0.00164. The number of aliphatic carboxylic acids is 1. The number of phenolic OH excluding ortho intramolecular Hbond substituents is 1. The van der Waals surface area contributed by atoms with Gasteiger partial charge in [0, 0.05) is 11.8 Å². The highest BCUT2D eigenvalue weighted by molar-refractivity contribution is 7.85. The fourth-order valence-corrected chi connectivity index (χ4v) is 1.57. The van der Waals surface area contributed by atoms with Crippen LogP contribution in [-0.4, -0.2) is 41.4 Å². The van der Waals surface area contributed by atoms with Gasteiger partial charge >= 0.3 is 5.97 Å². The number of carboxylic acid groups (broad SMARTS) is 1. The Kier molecular flexibility index (Phi) is 4.04. The summed E-state index contributed by atoms with van der Waals surface area (Å²) in [5, 5.41) is 18.0. The Morgan fingerprint density at radius 2 is 2.06 bits per heavy atom. The Morgan fingerprint density at radius 3 is 2.56 bits per heavy atom. The maximum atomic E-state index is 10.9. The molecule has 8 heteroatoms. The summed E-state index contributed by atoms with van der Waals surface area (Å²) >= 11 is 0. The minimum atomic E-state index is -4.39. The van der Waals surface area contributed by atoms with Crippen molar-refractivity contribution >= 4 is 22.3 Å². The number of hydrogen-bond donors (Lipinski definition) is 3. The molecule has 0 aliphatic carbocycles. The Hall–Kier alpha value is -1.93. The van der Waals surface area contributed by atoms with E-state index >= 15 is 0 Å². The second-order valence-electron chi connectivity index (χ2n) is 3.49. The number of carboxylic acids is 1. The third-order valence-electron chi connectivity index (χ3n) is 2.09. The topological polar surface area (TPSA) is 124 Å². The van der Waals surface area contributed by atoms with E-state index in [0.717, 1.165) is 24.4 Å². The highest BCUT2D eigenvalue weighted by Crippen LogP contribution is 2.19. The van der Waals surface area contributed by atoms with E-state index in [-0.39, 0.29) is 11.3 Å². The largest absolute Gasteiger partial charge is 0.507 e. The smallest absolute Gasteiger partial charge is 0.328 e. The van der Waals surface area contributed by atoms with Crippen molar-refractivity contribution in [3.05, 3.63) is 23.8 Å². The molecule has 1 rings (SSSR count). The number of aliphatic imine (C=N–C) groups is 1. The number of aromatic hydroxyl groups is 1. The zero-order valence-electron chi connectivity index (χ0n) is 9.31. The molecule has 0 aromatic heterocycles. The average molecular weight is 273 g/mol. The van der Waals surface area contributed by atoms with Gasteiger partial charge in [-0.1, -0.05) is 0 Å². The van der Waals surface area contributed by atoms with Gasteiger partial charge in [0.05, 0.1) is 4.90 Å². The van der Waals surface area contributed by atoms with Gasteiger partial charge in [-0.15, -0.1) is 0 Å². The first-order valence-electron chi connectivity index (χ1n) is 4.78. The summed E-state index contributed by atoms with van der Waals surface area (Å²) < 4.78 is 30.6. The fraction of sp³-hybridized carbons (Fsp3) is 0.200. The zero-order chi connectivity index (χ0) is 13.9. The van der Waals surface area contributed by atoms with E-state index in [9.17, 15) is 18.3 Å². The van der Waals surface area contributed by atoms with Crippen molar-refractivity contribution in [1.82, 2.24) is 0 Å². The Balaban J connectivity index is 3.14. The van der Waals surface area contributed by atoms with Crippen LogP contribution in [0.1, 0.15) is 12.5 Å². The lowest BCUT2D eigenvalue weighted by Gasteiger charge is -2.03. The molecule has 0 heterocycles. The molecule has 0 saturated carbocycles. The van der Waals surface area contributed by atoms with Crippen molar-refractivity contribution in [1.29, 1.82) is 0 Å². The molecule has 1 atom stereocenters. The summed E-state index contributed by atoms with van der Waals surface area (Å²) in [4.78, 5) is 13.7. The van der Waals surface area contributed by atoms with Crippen molar-refractivity contribution in [3.8, 4) is 5.75 Å². The molecule has 0 fully saturated rings. The van der Waals surface area contributed by atoms with E-state index in [1.54, 1.807) is 0 Å². The Bertz CT molecular complexity index is 592. The molecule has 1 aromatic carbocycles. The SMILES string of the molecule is C[C@H](N=Cc1cc(S(=O)(=O)O)ccc1O)C(=O)O. The van der Waals surface area contributed by atoms with Gasteiger partial charge < -0.3 is 10.2 Å². The molecule has 0 spiro atoms. The van der Waals surface area contributed by atoms with Crippen LogP contribution in [-0.2, 0) is 14.9 Å². The summed E-state index contributed by atoms with van der Waals surface area (Å²) in [6, 6.07) is 2.04. The number of benzene rings is 1. The van der Waals surface area contributed by atoms with E-state index in [1.807, 2.05) is 0 Å². The lowest BCUT2D eigenvalue weighted by molar-refractivity contribution is -0.137. The number of rotatable bonds is 4. The number of carbonyl (C=O) groups is 1. The van der Waals surface area contributed by atoms with Crippen molar-refractivity contribution in [2.45, 2.75) is 17.9 Å². The molecule has 1 aromatic rings. The highest BCUT2D eigenvalue weighted by Gasteiger charge is 2.12. The van der Waals surface area contributed by atoms with Crippen molar-refractivity contribution < 1.29 is 28.0 Å². The monoisotopic (exact) mass is 273 g/mol. The first-order valence-corrected chi connectivity index (χ1v) is 6.22. The Morgan fingerprint density at radius 1 is 1.44 bits per heavy atom. The van der Waals surface area contributed by atoms with Gasteiger partial charge in [-0.25, -0.2) is 4.79 Å². The molecule has 0 saturated heterocycles. The molecule has 98 valence electrons. The van der Waals surface area contributed by atoms with E-state index in [2.05, 4.69) is 4.99 Å². The maximum Gasteiger partial charge on any atom is 0.328 e.